The third-order valence-electron chi connectivity index (χ3n) is 6.97. The van der Waals surface area contributed by atoms with E-state index in [-0.39, 0.29) is 24.5 Å². The SMILES string of the molecule is CC1C=CC(C(F)(F)F)=CC1CN(Cc1ccc2c(c1)OCO2)Cc1nc(C(=O)NCCc2ccccc2)cs1. The van der Waals surface area contributed by atoms with Gasteiger partial charge in [-0.3, -0.25) is 9.69 Å². The van der Waals surface area contributed by atoms with Gasteiger partial charge >= 0.3 is 6.18 Å². The number of allylic oxidation sites excluding steroid dienone is 3. The zero-order valence-electron chi connectivity index (χ0n) is 22.0. The van der Waals surface area contributed by atoms with E-state index in [0.717, 1.165) is 17.2 Å². The van der Waals surface area contributed by atoms with Crippen molar-refractivity contribution in [1.82, 2.24) is 15.2 Å². The number of benzene rings is 2. The number of amides is 1. The molecule has 2 unspecified atom stereocenters. The number of nitrogens with zero attached hydrogens (tertiary/aromatic N) is 2. The smallest absolute Gasteiger partial charge is 0.416 e. The van der Waals surface area contributed by atoms with Crippen molar-refractivity contribution >= 4 is 17.2 Å². The van der Waals surface area contributed by atoms with Crippen molar-refractivity contribution in [2.45, 2.75) is 32.6 Å². The predicted octanol–water partition coefficient (Wildman–Crippen LogP) is 6.16. The van der Waals surface area contributed by atoms with Crippen molar-refractivity contribution in [3.8, 4) is 11.5 Å². The van der Waals surface area contributed by atoms with Crippen molar-refractivity contribution < 1.29 is 27.4 Å². The number of rotatable bonds is 10. The van der Waals surface area contributed by atoms with Crippen LogP contribution in [0.4, 0.5) is 13.2 Å². The van der Waals surface area contributed by atoms with Gasteiger partial charge in [0.15, 0.2) is 11.5 Å². The van der Waals surface area contributed by atoms with E-state index in [9.17, 15) is 18.0 Å². The fourth-order valence-corrected chi connectivity index (χ4v) is 5.58. The van der Waals surface area contributed by atoms with Crippen molar-refractivity contribution in [3.05, 3.63) is 99.5 Å². The summed E-state index contributed by atoms with van der Waals surface area (Å²) in [4.78, 5) is 19.3. The highest BCUT2D eigenvalue weighted by Gasteiger charge is 2.35. The van der Waals surface area contributed by atoms with Gasteiger partial charge in [0, 0.05) is 25.0 Å². The summed E-state index contributed by atoms with van der Waals surface area (Å²) in [6.07, 6.45) is 0.425. The second kappa shape index (κ2) is 12.3. The van der Waals surface area contributed by atoms with Crippen LogP contribution in [0.2, 0.25) is 0 Å². The number of thiazole rings is 1. The standard InChI is InChI=1S/C30H30F3N3O3S/c1-20-7-9-24(30(31,32)33)14-23(20)16-36(15-22-8-10-26-27(13-22)39-19-38-26)17-28-35-25(18-40-28)29(37)34-12-11-21-5-3-2-4-6-21/h2-10,13-14,18,20,23H,11-12,15-17,19H2,1H3,(H,34,37). The minimum absolute atomic E-state index is 0.0624. The van der Waals surface area contributed by atoms with Gasteiger partial charge in [0.2, 0.25) is 6.79 Å². The van der Waals surface area contributed by atoms with Gasteiger partial charge in [0.1, 0.15) is 10.7 Å². The maximum atomic E-state index is 13.5. The molecular weight excluding hydrogens is 539 g/mol. The number of hydrogen-bond donors (Lipinski definition) is 1. The molecule has 0 radical (unpaired) electrons. The molecule has 3 aromatic rings. The van der Waals surface area contributed by atoms with Crippen LogP contribution in [-0.4, -0.2) is 41.8 Å². The second-order valence-electron chi connectivity index (χ2n) is 9.98. The van der Waals surface area contributed by atoms with Crippen LogP contribution >= 0.6 is 11.3 Å². The third-order valence-corrected chi connectivity index (χ3v) is 7.81. The molecule has 2 aliphatic rings. The Kier molecular flexibility index (Phi) is 8.56. The maximum absolute atomic E-state index is 13.5. The molecule has 0 spiro atoms. The number of halogens is 3. The van der Waals surface area contributed by atoms with Gasteiger partial charge in [-0.15, -0.1) is 11.3 Å². The quantitative estimate of drug-likeness (QED) is 0.317. The van der Waals surface area contributed by atoms with Gasteiger partial charge in [0.05, 0.1) is 12.1 Å². The first-order valence-electron chi connectivity index (χ1n) is 13.1. The molecule has 6 nitrogen and oxygen atoms in total. The Labute approximate surface area is 235 Å². The number of hydrogen-bond acceptors (Lipinski definition) is 6. The second-order valence-corrected chi connectivity index (χ2v) is 10.9. The lowest BCUT2D eigenvalue weighted by molar-refractivity contribution is -0.0892. The van der Waals surface area contributed by atoms with E-state index in [2.05, 4.69) is 15.2 Å². The number of carbonyl (C=O) groups excluding carboxylic acids is 1. The Morgan fingerprint density at radius 1 is 1.10 bits per heavy atom. The Bertz CT molecular complexity index is 1390. The van der Waals surface area contributed by atoms with Crippen LogP contribution in [0, 0.1) is 11.8 Å². The van der Waals surface area contributed by atoms with Crippen LogP contribution in [0.15, 0.2) is 77.7 Å². The molecule has 10 heteroatoms. The Morgan fingerprint density at radius 2 is 1.90 bits per heavy atom. The lowest BCUT2D eigenvalue weighted by Crippen LogP contribution is -2.32. The number of nitrogens with one attached hydrogen (secondary N) is 1. The third kappa shape index (κ3) is 7.11. The number of ether oxygens (including phenoxy) is 2. The van der Waals surface area contributed by atoms with E-state index in [0.29, 0.717) is 54.8 Å². The maximum Gasteiger partial charge on any atom is 0.416 e. The first-order valence-corrected chi connectivity index (χ1v) is 14.0. The van der Waals surface area contributed by atoms with Crippen molar-refractivity contribution in [3.63, 3.8) is 0 Å². The molecule has 1 aromatic heterocycles. The van der Waals surface area contributed by atoms with Crippen LogP contribution in [0.5, 0.6) is 11.5 Å². The normalized spacial score (nSPS) is 18.2. The average molecular weight is 570 g/mol. The van der Waals surface area contributed by atoms with E-state index >= 15 is 0 Å². The summed E-state index contributed by atoms with van der Waals surface area (Å²) in [7, 11) is 0. The molecule has 2 heterocycles. The van der Waals surface area contributed by atoms with Crippen molar-refractivity contribution in [1.29, 1.82) is 0 Å². The van der Waals surface area contributed by atoms with Gasteiger partial charge in [-0.25, -0.2) is 4.98 Å². The highest BCUT2D eigenvalue weighted by Crippen LogP contribution is 2.35. The van der Waals surface area contributed by atoms with E-state index in [1.807, 2.05) is 55.5 Å². The van der Waals surface area contributed by atoms with E-state index in [4.69, 9.17) is 9.47 Å². The lowest BCUT2D eigenvalue weighted by atomic mass is 9.86. The number of carbonyl (C=O) groups is 1. The van der Waals surface area contributed by atoms with Crippen LogP contribution in [0.3, 0.4) is 0 Å². The molecule has 210 valence electrons. The molecule has 0 fully saturated rings. The minimum Gasteiger partial charge on any atom is -0.454 e. The number of alkyl halides is 3. The van der Waals surface area contributed by atoms with Crippen LogP contribution in [0.25, 0.3) is 0 Å². The monoisotopic (exact) mass is 569 g/mol. The Hall–Kier alpha value is -3.63. The summed E-state index contributed by atoms with van der Waals surface area (Å²) in [5, 5.41) is 5.35. The molecule has 40 heavy (non-hydrogen) atoms. The summed E-state index contributed by atoms with van der Waals surface area (Å²) in [6.45, 7) is 3.82. The molecule has 5 rings (SSSR count). The van der Waals surface area contributed by atoms with Crippen molar-refractivity contribution in [2.75, 3.05) is 19.9 Å². The summed E-state index contributed by atoms with van der Waals surface area (Å²) in [6, 6.07) is 15.6. The molecular formula is C30H30F3N3O3S. The molecule has 0 saturated carbocycles. The lowest BCUT2D eigenvalue weighted by Gasteiger charge is -2.30. The molecule has 1 amide bonds. The molecule has 1 aliphatic carbocycles. The first kappa shape index (κ1) is 27.9. The molecule has 2 aromatic carbocycles. The Balaban J connectivity index is 1.28. The highest BCUT2D eigenvalue weighted by atomic mass is 32.1. The summed E-state index contributed by atoms with van der Waals surface area (Å²) in [5.74, 6) is 0.671. The number of aromatic nitrogens is 1. The van der Waals surface area contributed by atoms with Gasteiger partial charge in [-0.05, 0) is 41.5 Å². The summed E-state index contributed by atoms with van der Waals surface area (Å²) in [5.41, 5.74) is 1.79. The van der Waals surface area contributed by atoms with Gasteiger partial charge in [0.25, 0.3) is 5.91 Å². The van der Waals surface area contributed by atoms with Crippen LogP contribution in [-0.2, 0) is 19.5 Å². The van der Waals surface area contributed by atoms with Crippen LogP contribution < -0.4 is 14.8 Å². The molecule has 1 N–H and O–H groups in total. The average Bonchev–Trinajstić information content (AvgIpc) is 3.59. The zero-order valence-corrected chi connectivity index (χ0v) is 22.8. The molecule has 2 atom stereocenters. The largest absolute Gasteiger partial charge is 0.454 e. The first-order chi connectivity index (χ1) is 19.2. The minimum atomic E-state index is -4.39. The van der Waals surface area contributed by atoms with E-state index < -0.39 is 11.7 Å². The van der Waals surface area contributed by atoms with E-state index in [1.54, 1.807) is 11.5 Å². The summed E-state index contributed by atoms with van der Waals surface area (Å²) >= 11 is 1.37. The summed E-state index contributed by atoms with van der Waals surface area (Å²) < 4.78 is 51.3. The number of fused-ring (bicyclic) bond motifs is 1. The zero-order chi connectivity index (χ0) is 28.1. The molecule has 0 bridgehead atoms. The fourth-order valence-electron chi connectivity index (χ4n) is 4.76. The van der Waals surface area contributed by atoms with Gasteiger partial charge in [-0.2, -0.15) is 13.2 Å². The molecule has 0 saturated heterocycles. The topological polar surface area (TPSA) is 63.7 Å². The molecule has 1 aliphatic heterocycles. The highest BCUT2D eigenvalue weighted by molar-refractivity contribution is 7.09. The van der Waals surface area contributed by atoms with Gasteiger partial charge < -0.3 is 14.8 Å². The van der Waals surface area contributed by atoms with E-state index in [1.165, 1.54) is 17.4 Å². The predicted molar refractivity (Wildman–Crippen MR) is 147 cm³/mol. The van der Waals surface area contributed by atoms with Crippen molar-refractivity contribution in [2.24, 2.45) is 11.8 Å². The van der Waals surface area contributed by atoms with Gasteiger partial charge in [-0.1, -0.05) is 61.5 Å². The van der Waals surface area contributed by atoms with Crippen LogP contribution in [0.1, 0.15) is 33.5 Å². The Morgan fingerprint density at radius 3 is 2.70 bits per heavy atom. The fraction of sp³-hybridized carbons (Fsp3) is 0.333.